The number of carbonyl (C=O) groups is 1. The minimum Gasteiger partial charge on any atom is -0.352 e. The van der Waals surface area contributed by atoms with Crippen molar-refractivity contribution >= 4 is 11.7 Å². The molecule has 1 aromatic heterocycles. The maximum Gasteiger partial charge on any atom is 0.227 e. The van der Waals surface area contributed by atoms with Gasteiger partial charge in [0.25, 0.3) is 0 Å². The van der Waals surface area contributed by atoms with Gasteiger partial charge in [-0.2, -0.15) is 0 Å². The van der Waals surface area contributed by atoms with Crippen LogP contribution in [0.2, 0.25) is 0 Å². The summed E-state index contributed by atoms with van der Waals surface area (Å²) in [7, 11) is 0. The average Bonchev–Trinajstić information content (AvgIpc) is 2.76. The van der Waals surface area contributed by atoms with Crippen molar-refractivity contribution < 1.29 is 9.18 Å². The third kappa shape index (κ3) is 4.26. The van der Waals surface area contributed by atoms with Gasteiger partial charge in [-0.1, -0.05) is 42.5 Å². The molecule has 29 heavy (non-hydrogen) atoms. The Balaban J connectivity index is 1.36. The molecule has 1 saturated heterocycles. The van der Waals surface area contributed by atoms with E-state index >= 15 is 0 Å². The Bertz CT molecular complexity index is 998. The number of aryl methyl sites for hydroxylation is 1. The molecule has 1 fully saturated rings. The molecule has 2 heterocycles. The van der Waals surface area contributed by atoms with E-state index in [1.807, 2.05) is 30.3 Å². The fourth-order valence-corrected chi connectivity index (χ4v) is 3.60. The van der Waals surface area contributed by atoms with Gasteiger partial charge < -0.3 is 9.80 Å². The van der Waals surface area contributed by atoms with Crippen molar-refractivity contribution in [2.75, 3.05) is 31.1 Å². The molecular weight excluding hydrogens is 367 g/mol. The molecule has 148 valence electrons. The van der Waals surface area contributed by atoms with Crippen LogP contribution < -0.4 is 4.90 Å². The van der Waals surface area contributed by atoms with Crippen molar-refractivity contribution in [1.29, 1.82) is 0 Å². The first-order valence-corrected chi connectivity index (χ1v) is 9.77. The lowest BCUT2D eigenvalue weighted by molar-refractivity contribution is -0.130. The van der Waals surface area contributed by atoms with Gasteiger partial charge in [0.1, 0.15) is 5.82 Å². The number of hydrogen-bond donors (Lipinski definition) is 0. The lowest BCUT2D eigenvalue weighted by Gasteiger charge is -2.35. The summed E-state index contributed by atoms with van der Waals surface area (Å²) in [5.74, 6) is 0.433. The van der Waals surface area contributed by atoms with E-state index in [4.69, 9.17) is 0 Å². The molecule has 2 aromatic carbocycles. The molecule has 3 aromatic rings. The van der Waals surface area contributed by atoms with E-state index in [0.29, 0.717) is 31.7 Å². The second-order valence-electron chi connectivity index (χ2n) is 7.23. The van der Waals surface area contributed by atoms with Gasteiger partial charge in [0.05, 0.1) is 12.1 Å². The Morgan fingerprint density at radius 3 is 2.34 bits per heavy atom. The van der Waals surface area contributed by atoms with Crippen molar-refractivity contribution in [2.45, 2.75) is 13.3 Å². The summed E-state index contributed by atoms with van der Waals surface area (Å²) in [6, 6.07) is 18.5. The zero-order valence-electron chi connectivity index (χ0n) is 16.4. The van der Waals surface area contributed by atoms with Gasteiger partial charge in [0, 0.05) is 31.7 Å². The highest BCUT2D eigenvalue weighted by Gasteiger charge is 2.23. The summed E-state index contributed by atoms with van der Waals surface area (Å²) >= 11 is 0. The fraction of sp³-hybridized carbons (Fsp3) is 0.261. The minimum absolute atomic E-state index is 0.0456. The second kappa shape index (κ2) is 8.39. The molecule has 0 spiro atoms. The van der Waals surface area contributed by atoms with Crippen molar-refractivity contribution in [3.63, 3.8) is 0 Å². The van der Waals surface area contributed by atoms with Crippen LogP contribution in [0.25, 0.3) is 11.3 Å². The van der Waals surface area contributed by atoms with Crippen LogP contribution in [0, 0.1) is 12.7 Å². The predicted molar refractivity (Wildman–Crippen MR) is 111 cm³/mol. The Hall–Kier alpha value is -3.28. The first-order chi connectivity index (χ1) is 14.1. The molecule has 0 saturated carbocycles. The Morgan fingerprint density at radius 1 is 0.931 bits per heavy atom. The van der Waals surface area contributed by atoms with Gasteiger partial charge >= 0.3 is 0 Å². The van der Waals surface area contributed by atoms with E-state index < -0.39 is 0 Å². The lowest BCUT2D eigenvalue weighted by atomic mass is 10.1. The molecule has 4 rings (SSSR count). The van der Waals surface area contributed by atoms with E-state index in [9.17, 15) is 9.18 Å². The molecular formula is C23H23FN4O. The molecule has 0 N–H and O–H groups in total. The summed E-state index contributed by atoms with van der Waals surface area (Å²) in [5.41, 5.74) is 3.54. The van der Waals surface area contributed by atoms with Gasteiger partial charge in [-0.3, -0.25) is 4.79 Å². The van der Waals surface area contributed by atoms with Crippen molar-refractivity contribution in [3.8, 4) is 11.3 Å². The number of aromatic nitrogens is 2. The normalized spacial score (nSPS) is 14.1. The van der Waals surface area contributed by atoms with E-state index in [1.165, 1.54) is 6.07 Å². The van der Waals surface area contributed by atoms with E-state index in [2.05, 4.69) is 28.1 Å². The topological polar surface area (TPSA) is 49.3 Å². The number of halogens is 1. The summed E-state index contributed by atoms with van der Waals surface area (Å²) < 4.78 is 13.8. The quantitative estimate of drug-likeness (QED) is 0.684. The molecule has 0 bridgehead atoms. The number of piperazine rings is 1. The number of hydrogen-bond acceptors (Lipinski definition) is 4. The Morgan fingerprint density at radius 2 is 1.66 bits per heavy atom. The van der Waals surface area contributed by atoms with Crippen LogP contribution in [0.1, 0.15) is 11.1 Å². The maximum atomic E-state index is 13.8. The first kappa shape index (κ1) is 19.1. The highest BCUT2D eigenvalue weighted by Crippen LogP contribution is 2.22. The van der Waals surface area contributed by atoms with Gasteiger partial charge in [-0.15, -0.1) is 10.2 Å². The van der Waals surface area contributed by atoms with Crippen LogP contribution >= 0.6 is 0 Å². The summed E-state index contributed by atoms with van der Waals surface area (Å²) in [5, 5.41) is 8.78. The fourth-order valence-electron chi connectivity index (χ4n) is 3.60. The molecule has 0 radical (unpaired) electrons. The molecule has 6 heteroatoms. The first-order valence-electron chi connectivity index (χ1n) is 9.77. The van der Waals surface area contributed by atoms with Crippen molar-refractivity contribution in [3.05, 3.63) is 77.6 Å². The van der Waals surface area contributed by atoms with Crippen LogP contribution in [-0.4, -0.2) is 47.2 Å². The van der Waals surface area contributed by atoms with E-state index in [1.54, 1.807) is 23.1 Å². The van der Waals surface area contributed by atoms with Crippen LogP contribution in [-0.2, 0) is 11.2 Å². The molecule has 0 atom stereocenters. The van der Waals surface area contributed by atoms with Crippen LogP contribution in [0.5, 0.6) is 0 Å². The zero-order chi connectivity index (χ0) is 20.2. The number of amides is 1. The SMILES string of the molecule is Cc1ccccc1-c1ccc(N2CCN(C(=O)Cc3ccccc3F)CC2)nn1. The Labute approximate surface area is 169 Å². The van der Waals surface area contributed by atoms with E-state index in [-0.39, 0.29) is 18.1 Å². The van der Waals surface area contributed by atoms with Gasteiger partial charge in [-0.25, -0.2) is 4.39 Å². The monoisotopic (exact) mass is 390 g/mol. The molecule has 5 nitrogen and oxygen atoms in total. The summed E-state index contributed by atoms with van der Waals surface area (Å²) in [6.07, 6.45) is 0.0948. The molecule has 0 unspecified atom stereocenters. The molecule has 1 aliphatic rings. The predicted octanol–water partition coefficient (Wildman–Crippen LogP) is 3.48. The standard InChI is InChI=1S/C23H23FN4O/c1-17-6-2-4-8-19(17)21-10-11-22(26-25-21)27-12-14-28(15-13-27)23(29)16-18-7-3-5-9-20(18)24/h2-11H,12-16H2,1H3. The second-order valence-corrected chi connectivity index (χ2v) is 7.23. The minimum atomic E-state index is -0.330. The molecule has 1 amide bonds. The number of anilines is 1. The Kier molecular flexibility index (Phi) is 5.51. The van der Waals surface area contributed by atoms with Crippen molar-refractivity contribution in [1.82, 2.24) is 15.1 Å². The van der Waals surface area contributed by atoms with Crippen LogP contribution in [0.4, 0.5) is 10.2 Å². The smallest absolute Gasteiger partial charge is 0.227 e. The lowest BCUT2D eigenvalue weighted by Crippen LogP contribution is -2.49. The highest BCUT2D eigenvalue weighted by molar-refractivity contribution is 5.79. The summed E-state index contributed by atoms with van der Waals surface area (Å²) in [6.45, 7) is 4.61. The average molecular weight is 390 g/mol. The largest absolute Gasteiger partial charge is 0.352 e. The van der Waals surface area contributed by atoms with Crippen molar-refractivity contribution in [2.24, 2.45) is 0 Å². The van der Waals surface area contributed by atoms with Gasteiger partial charge in [-0.05, 0) is 36.2 Å². The number of benzene rings is 2. The third-order valence-electron chi connectivity index (χ3n) is 5.33. The van der Waals surface area contributed by atoms with Crippen LogP contribution in [0.15, 0.2) is 60.7 Å². The zero-order valence-corrected chi connectivity index (χ0v) is 16.4. The summed E-state index contributed by atoms with van der Waals surface area (Å²) in [4.78, 5) is 16.4. The molecule has 0 aliphatic carbocycles. The third-order valence-corrected chi connectivity index (χ3v) is 5.33. The van der Waals surface area contributed by atoms with Crippen LogP contribution in [0.3, 0.4) is 0 Å². The van der Waals surface area contributed by atoms with Gasteiger partial charge in [0.2, 0.25) is 5.91 Å². The van der Waals surface area contributed by atoms with Gasteiger partial charge in [0.15, 0.2) is 5.82 Å². The number of nitrogens with zero attached hydrogens (tertiary/aromatic N) is 4. The maximum absolute atomic E-state index is 13.8. The van der Waals surface area contributed by atoms with E-state index in [0.717, 1.165) is 22.6 Å². The number of rotatable bonds is 4. The number of carbonyl (C=O) groups excluding carboxylic acids is 1. The molecule has 1 aliphatic heterocycles. The highest BCUT2D eigenvalue weighted by atomic mass is 19.1.